The number of benzene rings is 9. The lowest BCUT2D eigenvalue weighted by Gasteiger charge is -2.56. The van der Waals surface area contributed by atoms with Crippen LogP contribution in [0.15, 0.2) is 247 Å². The molecule has 0 bridgehead atoms. The predicted molar refractivity (Wildman–Crippen MR) is 280 cm³/mol. The van der Waals surface area contributed by atoms with Crippen LogP contribution in [-0.2, 0) is 10.8 Å². The highest BCUT2D eigenvalue weighted by molar-refractivity contribution is 6.12. The number of furan rings is 1. The molecule has 0 saturated carbocycles. The molecular weight excluding hydrogens is 837 g/mol. The Balaban J connectivity index is 1.00. The summed E-state index contributed by atoms with van der Waals surface area (Å²) in [6.07, 6.45) is 9.70. The van der Waals surface area contributed by atoms with Crippen molar-refractivity contribution >= 4 is 21.9 Å². The van der Waals surface area contributed by atoms with Gasteiger partial charge >= 0.3 is 0 Å². The molecule has 0 fully saturated rings. The van der Waals surface area contributed by atoms with Crippen LogP contribution in [-0.4, -0.2) is 9.97 Å². The minimum Gasteiger partial charge on any atom is -0.456 e. The van der Waals surface area contributed by atoms with Crippen LogP contribution in [0.3, 0.4) is 0 Å². The fourth-order valence-corrected chi connectivity index (χ4v) is 13.3. The van der Waals surface area contributed by atoms with Crippen LogP contribution in [0, 0.1) is 11.8 Å². The molecule has 2 heterocycles. The summed E-state index contributed by atoms with van der Waals surface area (Å²) in [5, 5.41) is 2.36. The van der Waals surface area contributed by atoms with Gasteiger partial charge in [0.05, 0.1) is 22.2 Å². The summed E-state index contributed by atoms with van der Waals surface area (Å²) in [6, 6.07) is 80.0. The number of para-hydroxylation sites is 1. The third kappa shape index (κ3) is 5.17. The van der Waals surface area contributed by atoms with E-state index in [0.717, 1.165) is 55.8 Å². The van der Waals surface area contributed by atoms with Crippen molar-refractivity contribution < 1.29 is 4.42 Å². The average Bonchev–Trinajstić information content (AvgIpc) is 4.06. The second-order valence-corrected chi connectivity index (χ2v) is 19.1. The van der Waals surface area contributed by atoms with E-state index >= 15 is 0 Å². The van der Waals surface area contributed by atoms with E-state index in [1.807, 2.05) is 24.3 Å². The van der Waals surface area contributed by atoms with Gasteiger partial charge in [0, 0.05) is 39.3 Å². The molecule has 322 valence electrons. The second kappa shape index (κ2) is 14.4. The number of allylic oxidation sites excluding steroid dienone is 4. The van der Waals surface area contributed by atoms with Gasteiger partial charge in [0.25, 0.3) is 0 Å². The summed E-state index contributed by atoms with van der Waals surface area (Å²) in [5.41, 5.74) is 21.3. The molecule has 0 N–H and O–H groups in total. The van der Waals surface area contributed by atoms with Gasteiger partial charge in [-0.2, -0.15) is 0 Å². The average molecular weight is 879 g/mol. The van der Waals surface area contributed by atoms with E-state index in [9.17, 15) is 0 Å². The maximum absolute atomic E-state index is 6.80. The molecule has 9 aromatic carbocycles. The summed E-state index contributed by atoms with van der Waals surface area (Å²) in [4.78, 5) is 10.3. The van der Waals surface area contributed by atoms with E-state index in [0.29, 0.717) is 5.82 Å². The Morgan fingerprint density at radius 2 is 0.884 bits per heavy atom. The zero-order chi connectivity index (χ0) is 45.3. The molecule has 3 atom stereocenters. The van der Waals surface area contributed by atoms with Gasteiger partial charge in [-0.3, -0.25) is 0 Å². The first kappa shape index (κ1) is 38.4. The molecule has 3 unspecified atom stereocenters. The first-order chi connectivity index (χ1) is 34.2. The lowest BCUT2D eigenvalue weighted by molar-refractivity contribution is 0.255. The van der Waals surface area contributed by atoms with Crippen molar-refractivity contribution in [3.8, 4) is 67.3 Å². The Morgan fingerprint density at radius 3 is 1.62 bits per heavy atom. The van der Waals surface area contributed by atoms with Crippen molar-refractivity contribution in [1.29, 1.82) is 0 Å². The topological polar surface area (TPSA) is 38.9 Å². The third-order valence-corrected chi connectivity index (χ3v) is 15.9. The zero-order valence-electron chi connectivity index (χ0n) is 37.6. The largest absolute Gasteiger partial charge is 0.456 e. The maximum atomic E-state index is 6.80. The molecule has 3 nitrogen and oxygen atoms in total. The molecule has 0 aliphatic heterocycles. The van der Waals surface area contributed by atoms with E-state index in [-0.39, 0.29) is 11.8 Å². The van der Waals surface area contributed by atoms with Crippen molar-refractivity contribution in [3.05, 3.63) is 276 Å². The van der Waals surface area contributed by atoms with Crippen LogP contribution in [0.4, 0.5) is 0 Å². The van der Waals surface area contributed by atoms with Gasteiger partial charge in [0.15, 0.2) is 5.82 Å². The van der Waals surface area contributed by atoms with Crippen LogP contribution in [0.2, 0.25) is 0 Å². The molecule has 0 radical (unpaired) electrons. The highest BCUT2D eigenvalue weighted by Gasteiger charge is 2.64. The summed E-state index contributed by atoms with van der Waals surface area (Å²) >= 11 is 0. The standard InChI is InChI=1S/C66H42N2O/c1-3-18-41(19-4-1)58-40-59(68-64(67-58)42-20-5-2-6-21-42)45-23-17-22-43(38-45)44-34-35-48-49-36-37-61-62(50-26-9-16-33-60(50)69-61)63(49)66(57(48)39-44)55-31-14-12-29-53(55)65(54-30-13-15-32-56(54)66)51-27-10-7-24-46(51)47-25-8-11-28-52(47)65/h1-40,53,55H. The minimum atomic E-state index is -0.591. The number of aromatic nitrogens is 2. The van der Waals surface area contributed by atoms with E-state index in [1.54, 1.807) is 0 Å². The smallest absolute Gasteiger partial charge is 0.160 e. The van der Waals surface area contributed by atoms with E-state index in [2.05, 4.69) is 218 Å². The number of hydrogen-bond acceptors (Lipinski definition) is 3. The first-order valence-corrected chi connectivity index (χ1v) is 24.1. The molecule has 4 aliphatic rings. The molecule has 4 aliphatic carbocycles. The van der Waals surface area contributed by atoms with Gasteiger partial charge in [0.1, 0.15) is 11.2 Å². The highest BCUT2D eigenvalue weighted by Crippen LogP contribution is 2.71. The Bertz CT molecular complexity index is 3890. The second-order valence-electron chi connectivity index (χ2n) is 19.1. The van der Waals surface area contributed by atoms with Crippen LogP contribution < -0.4 is 0 Å². The summed E-state index contributed by atoms with van der Waals surface area (Å²) in [5.74, 6) is 0.821. The molecular formula is C66H42N2O. The van der Waals surface area contributed by atoms with Gasteiger partial charge in [-0.05, 0) is 97.1 Å². The fourth-order valence-electron chi connectivity index (χ4n) is 13.3. The molecule has 69 heavy (non-hydrogen) atoms. The Kier molecular flexibility index (Phi) is 8.04. The minimum absolute atomic E-state index is 0.0336. The molecule has 0 saturated heterocycles. The SMILES string of the molecule is C1=CC2C(C=C1)C1(c3cc(-c4cccc(-c5cc(-c6ccccc6)nc(-c6ccccc6)n5)c4)ccc3-c3ccc4oc5ccccc5c4c31)c1ccccc1C21c2ccccc2-c2ccccc21. The lowest BCUT2D eigenvalue weighted by atomic mass is 9.45. The summed E-state index contributed by atoms with van der Waals surface area (Å²) in [6.45, 7) is 0. The fraction of sp³-hybridized carbons (Fsp3) is 0.0606. The van der Waals surface area contributed by atoms with Gasteiger partial charge in [-0.1, -0.05) is 212 Å². The normalized spacial score (nSPS) is 18.5. The third-order valence-electron chi connectivity index (χ3n) is 15.9. The number of hydrogen-bond donors (Lipinski definition) is 0. The van der Waals surface area contributed by atoms with E-state index < -0.39 is 10.8 Å². The Hall–Kier alpha value is -8.66. The van der Waals surface area contributed by atoms with Crippen LogP contribution in [0.25, 0.3) is 89.2 Å². The molecule has 3 heteroatoms. The first-order valence-electron chi connectivity index (χ1n) is 24.1. The summed E-state index contributed by atoms with van der Waals surface area (Å²) < 4.78 is 6.80. The highest BCUT2D eigenvalue weighted by atomic mass is 16.3. The quantitative estimate of drug-likeness (QED) is 0.177. The molecule has 0 amide bonds. The number of rotatable bonds is 4. The van der Waals surface area contributed by atoms with Gasteiger partial charge < -0.3 is 4.42 Å². The van der Waals surface area contributed by atoms with Gasteiger partial charge in [-0.25, -0.2) is 9.97 Å². The van der Waals surface area contributed by atoms with Crippen molar-refractivity contribution in [1.82, 2.24) is 9.97 Å². The number of nitrogens with zero attached hydrogens (tertiary/aromatic N) is 2. The molecule has 11 aromatic rings. The van der Waals surface area contributed by atoms with Crippen LogP contribution >= 0.6 is 0 Å². The van der Waals surface area contributed by atoms with Crippen molar-refractivity contribution in [3.63, 3.8) is 0 Å². The van der Waals surface area contributed by atoms with Crippen LogP contribution in [0.5, 0.6) is 0 Å². The van der Waals surface area contributed by atoms with Crippen LogP contribution in [0.1, 0.15) is 33.4 Å². The summed E-state index contributed by atoms with van der Waals surface area (Å²) in [7, 11) is 0. The van der Waals surface area contributed by atoms with E-state index in [4.69, 9.17) is 14.4 Å². The molecule has 2 aromatic heterocycles. The van der Waals surface area contributed by atoms with Crippen molar-refractivity contribution in [2.45, 2.75) is 10.8 Å². The van der Waals surface area contributed by atoms with Crippen molar-refractivity contribution in [2.24, 2.45) is 11.8 Å². The molecule has 2 spiro atoms. The molecule has 15 rings (SSSR count). The van der Waals surface area contributed by atoms with Crippen molar-refractivity contribution in [2.75, 3.05) is 0 Å². The van der Waals surface area contributed by atoms with E-state index in [1.165, 1.54) is 61.0 Å². The zero-order valence-corrected chi connectivity index (χ0v) is 37.6. The predicted octanol–water partition coefficient (Wildman–Crippen LogP) is 16.0. The monoisotopic (exact) mass is 878 g/mol. The lowest BCUT2D eigenvalue weighted by Crippen LogP contribution is -2.53. The number of fused-ring (bicyclic) bond motifs is 20. The Morgan fingerprint density at radius 1 is 0.348 bits per heavy atom. The van der Waals surface area contributed by atoms with Gasteiger partial charge in [-0.15, -0.1) is 0 Å². The Labute approximate surface area is 400 Å². The van der Waals surface area contributed by atoms with Gasteiger partial charge in [0.2, 0.25) is 0 Å². The maximum Gasteiger partial charge on any atom is 0.160 e.